The van der Waals surface area contributed by atoms with E-state index in [9.17, 15) is 14.4 Å². The number of thioether (sulfide) groups is 1. The number of hydrogen-bond donors (Lipinski definition) is 1. The van der Waals surface area contributed by atoms with Crippen molar-refractivity contribution in [3.63, 3.8) is 0 Å². The number of nitrogens with zero attached hydrogens (tertiary/aromatic N) is 1. The lowest BCUT2D eigenvalue weighted by Gasteiger charge is -2.23. The Kier molecular flexibility index (Phi) is 5.65. The Balaban J connectivity index is 2.01. The molecule has 0 spiro atoms. The van der Waals surface area contributed by atoms with Crippen molar-refractivity contribution >= 4 is 35.2 Å². The third kappa shape index (κ3) is 4.25. The molecule has 2 rings (SSSR count). The summed E-state index contributed by atoms with van der Waals surface area (Å²) < 4.78 is 4.57. The minimum absolute atomic E-state index is 0.0569. The van der Waals surface area contributed by atoms with E-state index < -0.39 is 0 Å². The first-order valence-electron chi connectivity index (χ1n) is 7.36. The summed E-state index contributed by atoms with van der Waals surface area (Å²) in [6, 6.07) is 5.31. The molecule has 0 aliphatic carbocycles. The van der Waals surface area contributed by atoms with Crippen LogP contribution in [-0.2, 0) is 14.3 Å². The maximum Gasteiger partial charge on any atom is 0.305 e. The maximum atomic E-state index is 12.4. The minimum Gasteiger partial charge on any atom is -0.469 e. The molecule has 0 unspecified atom stereocenters. The molecule has 0 aromatic heterocycles. The first-order valence-corrected chi connectivity index (χ1v) is 8.24. The van der Waals surface area contributed by atoms with Crippen molar-refractivity contribution in [3.8, 4) is 0 Å². The van der Waals surface area contributed by atoms with E-state index >= 15 is 0 Å². The third-order valence-corrected chi connectivity index (χ3v) is 4.78. The van der Waals surface area contributed by atoms with Crippen LogP contribution in [0.25, 0.3) is 0 Å². The molecule has 23 heavy (non-hydrogen) atoms. The highest BCUT2D eigenvalue weighted by molar-refractivity contribution is 8.00. The van der Waals surface area contributed by atoms with Gasteiger partial charge in [-0.15, -0.1) is 11.8 Å². The van der Waals surface area contributed by atoms with Crippen LogP contribution >= 0.6 is 11.8 Å². The topological polar surface area (TPSA) is 75.7 Å². The van der Waals surface area contributed by atoms with Crippen molar-refractivity contribution in [3.05, 3.63) is 23.8 Å². The number of ether oxygens (including phenoxy) is 1. The monoisotopic (exact) mass is 336 g/mol. The quantitative estimate of drug-likeness (QED) is 0.834. The van der Waals surface area contributed by atoms with Crippen molar-refractivity contribution < 1.29 is 19.1 Å². The summed E-state index contributed by atoms with van der Waals surface area (Å²) in [7, 11) is 3.03. The predicted molar refractivity (Wildman–Crippen MR) is 88.6 cm³/mol. The Morgan fingerprint density at radius 1 is 1.39 bits per heavy atom. The van der Waals surface area contributed by atoms with Crippen LogP contribution in [0.5, 0.6) is 0 Å². The Morgan fingerprint density at radius 2 is 2.13 bits per heavy atom. The van der Waals surface area contributed by atoms with Gasteiger partial charge in [0.05, 0.1) is 18.0 Å². The summed E-state index contributed by atoms with van der Waals surface area (Å²) in [6.07, 6.45) is 0.826. The molecule has 2 amide bonds. The average Bonchev–Trinajstić information content (AvgIpc) is 2.54. The van der Waals surface area contributed by atoms with E-state index in [1.807, 2.05) is 13.0 Å². The van der Waals surface area contributed by atoms with Crippen LogP contribution in [0.3, 0.4) is 0 Å². The second-order valence-corrected chi connectivity index (χ2v) is 6.75. The Morgan fingerprint density at radius 3 is 2.83 bits per heavy atom. The highest BCUT2D eigenvalue weighted by atomic mass is 32.2. The standard InChI is InChI=1S/C16H20N2O4S/c1-10-15(20)17-12-9-11(6-7-13(12)23-10)16(21)18(2)8-4-5-14(19)22-3/h6-7,9-10H,4-5,8H2,1-3H3,(H,17,20)/t10-/m1/s1. The SMILES string of the molecule is COC(=O)CCCN(C)C(=O)c1ccc2c(c1)NC(=O)[C@@H](C)S2. The number of hydrogen-bond acceptors (Lipinski definition) is 5. The van der Waals surface area contributed by atoms with Crippen LogP contribution in [-0.4, -0.2) is 48.6 Å². The second kappa shape index (κ2) is 7.50. The predicted octanol–water partition coefficient (Wildman–Crippen LogP) is 2.14. The number of benzene rings is 1. The summed E-state index contributed by atoms with van der Waals surface area (Å²) in [4.78, 5) is 37.7. The molecular weight excluding hydrogens is 316 g/mol. The third-order valence-electron chi connectivity index (χ3n) is 3.61. The van der Waals surface area contributed by atoms with Gasteiger partial charge in [0.1, 0.15) is 0 Å². The summed E-state index contributed by atoms with van der Waals surface area (Å²) >= 11 is 1.48. The molecule has 1 aliphatic rings. The number of carbonyl (C=O) groups excluding carboxylic acids is 3. The first kappa shape index (κ1) is 17.3. The van der Waals surface area contributed by atoms with Crippen molar-refractivity contribution in [1.82, 2.24) is 4.90 Å². The van der Waals surface area contributed by atoms with Crippen LogP contribution in [0.4, 0.5) is 5.69 Å². The molecule has 1 aliphatic heterocycles. The van der Waals surface area contributed by atoms with Gasteiger partial charge in [0.2, 0.25) is 5.91 Å². The van der Waals surface area contributed by atoms with Gasteiger partial charge < -0.3 is 15.0 Å². The van der Waals surface area contributed by atoms with Crippen LogP contribution in [0.2, 0.25) is 0 Å². The Hall–Kier alpha value is -2.02. The molecule has 0 bridgehead atoms. The molecule has 7 heteroatoms. The molecule has 0 saturated heterocycles. The molecular formula is C16H20N2O4S. The summed E-state index contributed by atoms with van der Waals surface area (Å²) in [5.74, 6) is -0.484. The van der Waals surface area contributed by atoms with Gasteiger partial charge in [-0.2, -0.15) is 0 Å². The van der Waals surface area contributed by atoms with E-state index in [4.69, 9.17) is 0 Å². The van der Waals surface area contributed by atoms with Crippen molar-refractivity contribution in [2.75, 3.05) is 26.0 Å². The number of methoxy groups -OCH3 is 1. The smallest absolute Gasteiger partial charge is 0.305 e. The van der Waals surface area contributed by atoms with Crippen molar-refractivity contribution in [2.24, 2.45) is 0 Å². The minimum atomic E-state index is -0.284. The number of amides is 2. The lowest BCUT2D eigenvalue weighted by Crippen LogP contribution is -2.29. The van der Waals surface area contributed by atoms with Crippen LogP contribution < -0.4 is 5.32 Å². The number of anilines is 1. The van der Waals surface area contributed by atoms with Gasteiger partial charge in [-0.1, -0.05) is 0 Å². The van der Waals surface area contributed by atoms with E-state index in [0.717, 1.165) is 4.90 Å². The van der Waals surface area contributed by atoms with Crippen molar-refractivity contribution in [1.29, 1.82) is 0 Å². The normalized spacial score (nSPS) is 16.3. The van der Waals surface area contributed by atoms with Crippen LogP contribution in [0, 0.1) is 0 Å². The lowest BCUT2D eigenvalue weighted by atomic mass is 10.1. The van der Waals surface area contributed by atoms with Crippen LogP contribution in [0.1, 0.15) is 30.1 Å². The van der Waals surface area contributed by atoms with Gasteiger partial charge in [0.15, 0.2) is 0 Å². The summed E-state index contributed by atoms with van der Waals surface area (Å²) in [5.41, 5.74) is 1.19. The molecule has 0 fully saturated rings. The molecule has 1 atom stereocenters. The molecule has 1 heterocycles. The summed E-state index contributed by atoms with van der Waals surface area (Å²) in [5, 5.41) is 2.68. The zero-order chi connectivity index (χ0) is 17.0. The summed E-state index contributed by atoms with van der Waals surface area (Å²) in [6.45, 7) is 2.31. The Labute approximate surface area is 139 Å². The van der Waals surface area contributed by atoms with E-state index in [-0.39, 0.29) is 29.5 Å². The fourth-order valence-electron chi connectivity index (χ4n) is 2.23. The average molecular weight is 336 g/mol. The van der Waals surface area contributed by atoms with E-state index in [0.29, 0.717) is 24.2 Å². The van der Waals surface area contributed by atoms with E-state index in [1.54, 1.807) is 24.1 Å². The lowest BCUT2D eigenvalue weighted by molar-refractivity contribution is -0.140. The van der Waals surface area contributed by atoms with Crippen molar-refractivity contribution in [2.45, 2.75) is 29.9 Å². The molecule has 1 aromatic carbocycles. The van der Waals surface area contributed by atoms with Gasteiger partial charge >= 0.3 is 5.97 Å². The van der Waals surface area contributed by atoms with Gasteiger partial charge in [0, 0.05) is 30.5 Å². The number of carbonyl (C=O) groups is 3. The zero-order valence-corrected chi connectivity index (χ0v) is 14.2. The zero-order valence-electron chi connectivity index (χ0n) is 13.4. The maximum absolute atomic E-state index is 12.4. The van der Waals surface area contributed by atoms with Gasteiger partial charge in [-0.25, -0.2) is 0 Å². The molecule has 6 nitrogen and oxygen atoms in total. The molecule has 0 saturated carbocycles. The highest BCUT2D eigenvalue weighted by Gasteiger charge is 2.24. The Bertz CT molecular complexity index is 633. The van der Waals surface area contributed by atoms with Crippen LogP contribution in [0.15, 0.2) is 23.1 Å². The molecule has 1 aromatic rings. The molecule has 1 N–H and O–H groups in total. The number of esters is 1. The fourth-order valence-corrected chi connectivity index (χ4v) is 3.16. The number of fused-ring (bicyclic) bond motifs is 1. The second-order valence-electron chi connectivity index (χ2n) is 5.37. The largest absolute Gasteiger partial charge is 0.469 e. The number of rotatable bonds is 5. The first-order chi connectivity index (χ1) is 10.9. The van der Waals surface area contributed by atoms with Gasteiger partial charge in [-0.3, -0.25) is 14.4 Å². The van der Waals surface area contributed by atoms with Gasteiger partial charge in [0.25, 0.3) is 5.91 Å². The number of nitrogens with one attached hydrogen (secondary N) is 1. The fraction of sp³-hybridized carbons (Fsp3) is 0.438. The van der Waals surface area contributed by atoms with E-state index in [2.05, 4.69) is 10.1 Å². The van der Waals surface area contributed by atoms with Gasteiger partial charge in [-0.05, 0) is 31.5 Å². The molecule has 0 radical (unpaired) electrons. The molecule has 124 valence electrons. The van der Waals surface area contributed by atoms with E-state index in [1.165, 1.54) is 18.9 Å². The highest BCUT2D eigenvalue weighted by Crippen LogP contribution is 2.36.